The maximum atomic E-state index is 13.0. The normalized spacial score (nSPS) is 10.8. The lowest BCUT2D eigenvalue weighted by atomic mass is 10.2. The van der Waals surface area contributed by atoms with E-state index in [1.807, 2.05) is 0 Å². The summed E-state index contributed by atoms with van der Waals surface area (Å²) in [6.45, 7) is 0.0814. The van der Waals surface area contributed by atoms with Gasteiger partial charge in [0.25, 0.3) is 0 Å². The second kappa shape index (κ2) is 5.01. The average Bonchev–Trinajstić information content (AvgIpc) is 2.79. The van der Waals surface area contributed by atoms with Crippen LogP contribution in [0, 0.1) is 11.6 Å². The van der Waals surface area contributed by atoms with E-state index in [0.29, 0.717) is 24.2 Å². The molecule has 0 aliphatic rings. The van der Waals surface area contributed by atoms with Crippen LogP contribution in [0.1, 0.15) is 12.1 Å². The zero-order valence-electron chi connectivity index (χ0n) is 8.98. The van der Waals surface area contributed by atoms with Crippen LogP contribution in [-0.4, -0.2) is 26.7 Å². The summed E-state index contributed by atoms with van der Waals surface area (Å²) in [4.78, 5) is 0. The van der Waals surface area contributed by atoms with Gasteiger partial charge in [-0.25, -0.2) is 13.5 Å². The number of nitrogens with zero attached hydrogens (tertiary/aromatic N) is 3. The Kier molecular flexibility index (Phi) is 3.43. The molecule has 0 bridgehead atoms. The number of aromatic nitrogens is 3. The predicted molar refractivity (Wildman–Crippen MR) is 56.7 cm³/mol. The first-order chi connectivity index (χ1) is 8.20. The Balaban J connectivity index is 2.21. The number of aliphatic hydroxyl groups excluding tert-OH is 1. The van der Waals surface area contributed by atoms with Crippen LogP contribution in [0.4, 0.5) is 8.78 Å². The van der Waals surface area contributed by atoms with Gasteiger partial charge in [-0.2, -0.15) is 0 Å². The van der Waals surface area contributed by atoms with Crippen molar-refractivity contribution in [2.24, 2.45) is 0 Å². The van der Waals surface area contributed by atoms with Gasteiger partial charge >= 0.3 is 0 Å². The molecule has 0 radical (unpaired) electrons. The third-order valence-corrected chi connectivity index (χ3v) is 2.30. The summed E-state index contributed by atoms with van der Waals surface area (Å²) >= 11 is 0. The molecular weight excluding hydrogens is 228 g/mol. The quantitative estimate of drug-likeness (QED) is 0.879. The number of hydrogen-bond donors (Lipinski definition) is 1. The molecule has 0 aliphatic heterocycles. The molecule has 0 fully saturated rings. The zero-order valence-corrected chi connectivity index (χ0v) is 8.98. The van der Waals surface area contributed by atoms with Crippen LogP contribution in [0.25, 0.3) is 5.69 Å². The molecule has 0 saturated heterocycles. The van der Waals surface area contributed by atoms with Crippen LogP contribution < -0.4 is 0 Å². The second-order valence-corrected chi connectivity index (χ2v) is 3.58. The number of rotatable bonds is 4. The largest absolute Gasteiger partial charge is 0.396 e. The summed E-state index contributed by atoms with van der Waals surface area (Å²) in [7, 11) is 0. The van der Waals surface area contributed by atoms with Crippen molar-refractivity contribution in [3.05, 3.63) is 41.7 Å². The van der Waals surface area contributed by atoms with E-state index in [9.17, 15) is 8.78 Å². The van der Waals surface area contributed by atoms with Crippen LogP contribution in [0.3, 0.4) is 0 Å². The third kappa shape index (κ3) is 2.65. The molecule has 0 unspecified atom stereocenters. The van der Waals surface area contributed by atoms with E-state index in [4.69, 9.17) is 5.11 Å². The molecule has 0 saturated carbocycles. The van der Waals surface area contributed by atoms with Crippen molar-refractivity contribution in [2.75, 3.05) is 6.61 Å². The van der Waals surface area contributed by atoms with Gasteiger partial charge in [0.05, 0.1) is 17.6 Å². The van der Waals surface area contributed by atoms with E-state index < -0.39 is 11.6 Å². The Morgan fingerprint density at radius 3 is 2.76 bits per heavy atom. The molecule has 2 rings (SSSR count). The lowest BCUT2D eigenvalue weighted by Gasteiger charge is -2.00. The maximum absolute atomic E-state index is 13.0. The lowest BCUT2D eigenvalue weighted by molar-refractivity contribution is 0.288. The SMILES string of the molecule is OCCCc1cn(-c2ccc(F)c(F)c2)nn1. The van der Waals surface area contributed by atoms with Gasteiger partial charge in [-0.1, -0.05) is 5.21 Å². The molecule has 2 aromatic rings. The van der Waals surface area contributed by atoms with Crippen LogP contribution >= 0.6 is 0 Å². The predicted octanol–water partition coefficient (Wildman–Crippen LogP) is 1.47. The topological polar surface area (TPSA) is 50.9 Å². The Labute approximate surface area is 96.5 Å². The molecule has 4 nitrogen and oxygen atoms in total. The number of aliphatic hydroxyl groups is 1. The van der Waals surface area contributed by atoms with Crippen molar-refractivity contribution in [1.29, 1.82) is 0 Å². The number of benzene rings is 1. The van der Waals surface area contributed by atoms with Crippen LogP contribution in [0.15, 0.2) is 24.4 Å². The molecule has 1 N–H and O–H groups in total. The summed E-state index contributed by atoms with van der Waals surface area (Å²) in [6, 6.07) is 3.52. The number of hydrogen-bond acceptors (Lipinski definition) is 3. The fourth-order valence-corrected chi connectivity index (χ4v) is 1.43. The second-order valence-electron chi connectivity index (χ2n) is 3.58. The maximum Gasteiger partial charge on any atom is 0.160 e. The Bertz CT molecular complexity index is 513. The van der Waals surface area contributed by atoms with Gasteiger partial charge in [0.2, 0.25) is 0 Å². The smallest absolute Gasteiger partial charge is 0.160 e. The van der Waals surface area contributed by atoms with Crippen molar-refractivity contribution in [1.82, 2.24) is 15.0 Å². The van der Waals surface area contributed by atoms with E-state index in [1.165, 1.54) is 10.7 Å². The van der Waals surface area contributed by atoms with E-state index >= 15 is 0 Å². The summed E-state index contributed by atoms with van der Waals surface area (Å²) in [5.74, 6) is -1.82. The molecular formula is C11H11F2N3O. The Morgan fingerprint density at radius 1 is 1.24 bits per heavy atom. The molecule has 0 aliphatic carbocycles. The van der Waals surface area contributed by atoms with Crippen molar-refractivity contribution >= 4 is 0 Å². The highest BCUT2D eigenvalue weighted by atomic mass is 19.2. The van der Waals surface area contributed by atoms with E-state index in [-0.39, 0.29) is 6.61 Å². The van der Waals surface area contributed by atoms with Gasteiger partial charge in [0.1, 0.15) is 0 Å². The first-order valence-corrected chi connectivity index (χ1v) is 5.18. The van der Waals surface area contributed by atoms with Crippen molar-refractivity contribution in [3.63, 3.8) is 0 Å². The summed E-state index contributed by atoms with van der Waals surface area (Å²) in [5, 5.41) is 16.3. The van der Waals surface area contributed by atoms with E-state index in [0.717, 1.165) is 12.1 Å². The Morgan fingerprint density at radius 2 is 2.06 bits per heavy atom. The fraction of sp³-hybridized carbons (Fsp3) is 0.273. The molecule has 0 atom stereocenters. The third-order valence-electron chi connectivity index (χ3n) is 2.30. The van der Waals surface area contributed by atoms with Crippen molar-refractivity contribution in [2.45, 2.75) is 12.8 Å². The van der Waals surface area contributed by atoms with Crippen LogP contribution in [-0.2, 0) is 6.42 Å². The molecule has 90 valence electrons. The summed E-state index contributed by atoms with van der Waals surface area (Å²) in [6.07, 6.45) is 2.82. The van der Waals surface area contributed by atoms with E-state index in [1.54, 1.807) is 6.20 Å². The molecule has 1 aromatic heterocycles. The number of halogens is 2. The van der Waals surface area contributed by atoms with Gasteiger partial charge in [-0.3, -0.25) is 0 Å². The zero-order chi connectivity index (χ0) is 12.3. The van der Waals surface area contributed by atoms with Crippen LogP contribution in [0.5, 0.6) is 0 Å². The molecule has 1 aromatic carbocycles. The minimum Gasteiger partial charge on any atom is -0.396 e. The molecule has 0 spiro atoms. The van der Waals surface area contributed by atoms with Crippen molar-refractivity contribution in [3.8, 4) is 5.69 Å². The van der Waals surface area contributed by atoms with Crippen molar-refractivity contribution < 1.29 is 13.9 Å². The summed E-state index contributed by atoms with van der Waals surface area (Å²) < 4.78 is 27.1. The standard InChI is InChI=1S/C11H11F2N3O/c12-10-4-3-9(6-11(10)13)16-7-8(14-15-16)2-1-5-17/h3-4,6-7,17H,1-2,5H2. The summed E-state index contributed by atoms with van der Waals surface area (Å²) in [5.41, 5.74) is 1.11. The highest BCUT2D eigenvalue weighted by molar-refractivity contribution is 5.31. The molecule has 1 heterocycles. The Hall–Kier alpha value is -1.82. The first kappa shape index (κ1) is 11.7. The van der Waals surface area contributed by atoms with E-state index in [2.05, 4.69) is 10.3 Å². The van der Waals surface area contributed by atoms with Gasteiger partial charge in [-0.05, 0) is 25.0 Å². The molecule has 17 heavy (non-hydrogen) atoms. The monoisotopic (exact) mass is 239 g/mol. The number of aryl methyl sites for hydroxylation is 1. The lowest BCUT2D eigenvalue weighted by Crippen LogP contribution is -1.96. The van der Waals surface area contributed by atoms with Gasteiger partial charge in [0, 0.05) is 12.7 Å². The fourth-order valence-electron chi connectivity index (χ4n) is 1.43. The first-order valence-electron chi connectivity index (χ1n) is 5.18. The average molecular weight is 239 g/mol. The van der Waals surface area contributed by atoms with Gasteiger partial charge in [0.15, 0.2) is 11.6 Å². The minimum atomic E-state index is -0.921. The van der Waals surface area contributed by atoms with Gasteiger partial charge < -0.3 is 5.11 Å². The molecule has 0 amide bonds. The molecule has 6 heteroatoms. The highest BCUT2D eigenvalue weighted by Crippen LogP contribution is 2.12. The van der Waals surface area contributed by atoms with Crippen LogP contribution in [0.2, 0.25) is 0 Å². The minimum absolute atomic E-state index is 0.0814. The highest BCUT2D eigenvalue weighted by Gasteiger charge is 2.06. The van der Waals surface area contributed by atoms with Gasteiger partial charge in [-0.15, -0.1) is 5.10 Å².